The molecule has 0 aromatic carbocycles. The largest absolute Gasteiger partial charge is 0.378 e. The van der Waals surface area contributed by atoms with E-state index in [1.807, 2.05) is 6.07 Å². The van der Waals surface area contributed by atoms with Crippen molar-refractivity contribution < 1.29 is 4.74 Å². The molecule has 2 aromatic heterocycles. The summed E-state index contributed by atoms with van der Waals surface area (Å²) in [5.74, 6) is 0.556. The van der Waals surface area contributed by atoms with Gasteiger partial charge in [-0.05, 0) is 37.9 Å². The summed E-state index contributed by atoms with van der Waals surface area (Å²) < 4.78 is 6.88. The van der Waals surface area contributed by atoms with E-state index in [4.69, 9.17) is 4.74 Å². The van der Waals surface area contributed by atoms with E-state index in [9.17, 15) is 4.79 Å². The maximum atomic E-state index is 11.5. The number of ether oxygens (including phenoxy) is 1. The zero-order chi connectivity index (χ0) is 12.4. The fourth-order valence-corrected chi connectivity index (χ4v) is 3.29. The van der Waals surface area contributed by atoms with Gasteiger partial charge in [-0.2, -0.15) is 0 Å². The molecule has 0 aliphatic carbocycles. The second-order valence-corrected chi connectivity index (χ2v) is 6.48. The van der Waals surface area contributed by atoms with Crippen molar-refractivity contribution in [3.63, 3.8) is 0 Å². The standard InChI is InChI=1S/C10H8Br2N2O2S/c1-16-4-5-2-8(15)14-10(13-5)7-3-6(11)9(12)17-7/h2-3H,4H2,1H3,(H,13,14,15). The highest BCUT2D eigenvalue weighted by Gasteiger charge is 2.09. The molecule has 4 nitrogen and oxygen atoms in total. The van der Waals surface area contributed by atoms with Crippen molar-refractivity contribution in [2.24, 2.45) is 0 Å². The molecule has 0 saturated heterocycles. The first kappa shape index (κ1) is 12.9. The number of methoxy groups -OCH3 is 1. The number of aromatic amines is 1. The van der Waals surface area contributed by atoms with E-state index in [1.165, 1.54) is 17.4 Å². The number of halogens is 2. The normalized spacial score (nSPS) is 10.8. The van der Waals surface area contributed by atoms with Crippen molar-refractivity contribution in [2.45, 2.75) is 6.61 Å². The molecule has 0 spiro atoms. The average molecular weight is 380 g/mol. The summed E-state index contributed by atoms with van der Waals surface area (Å²) in [6.45, 7) is 0.324. The molecule has 2 aromatic rings. The molecule has 2 rings (SSSR count). The van der Waals surface area contributed by atoms with Gasteiger partial charge in [0.2, 0.25) is 0 Å². The molecule has 0 fully saturated rings. The zero-order valence-electron chi connectivity index (χ0n) is 8.79. The van der Waals surface area contributed by atoms with Gasteiger partial charge in [0.1, 0.15) is 0 Å². The minimum absolute atomic E-state index is 0.178. The minimum atomic E-state index is -0.178. The second-order valence-electron chi connectivity index (χ2n) is 3.25. The fourth-order valence-electron chi connectivity index (χ4n) is 1.31. The van der Waals surface area contributed by atoms with Crippen molar-refractivity contribution in [2.75, 3.05) is 7.11 Å². The third-order valence-corrected chi connectivity index (χ3v) is 5.23. The number of nitrogens with one attached hydrogen (secondary N) is 1. The van der Waals surface area contributed by atoms with Gasteiger partial charge in [-0.1, -0.05) is 0 Å². The molecule has 2 heterocycles. The number of hydrogen-bond acceptors (Lipinski definition) is 4. The number of H-pyrrole nitrogens is 1. The molecular formula is C10H8Br2N2O2S. The summed E-state index contributed by atoms with van der Waals surface area (Å²) >= 11 is 8.31. The zero-order valence-corrected chi connectivity index (χ0v) is 12.8. The number of nitrogens with zero attached hydrogens (tertiary/aromatic N) is 1. The summed E-state index contributed by atoms with van der Waals surface area (Å²) in [5.41, 5.74) is 0.439. The number of rotatable bonds is 3. The van der Waals surface area contributed by atoms with Crippen molar-refractivity contribution >= 4 is 43.2 Å². The van der Waals surface area contributed by atoms with Crippen LogP contribution in [-0.4, -0.2) is 17.1 Å². The van der Waals surface area contributed by atoms with Crippen LogP contribution < -0.4 is 5.56 Å². The Balaban J connectivity index is 2.47. The van der Waals surface area contributed by atoms with E-state index < -0.39 is 0 Å². The van der Waals surface area contributed by atoms with E-state index in [0.717, 1.165) is 13.1 Å². The third-order valence-electron chi connectivity index (χ3n) is 1.97. The van der Waals surface area contributed by atoms with Crippen LogP contribution >= 0.6 is 43.2 Å². The van der Waals surface area contributed by atoms with E-state index in [2.05, 4.69) is 41.8 Å². The lowest BCUT2D eigenvalue weighted by molar-refractivity contribution is 0.181. The Bertz CT molecular complexity index is 575. The van der Waals surface area contributed by atoms with Gasteiger partial charge in [0.25, 0.3) is 5.56 Å². The van der Waals surface area contributed by atoms with Crippen LogP contribution in [0.1, 0.15) is 5.69 Å². The Morgan fingerprint density at radius 2 is 2.24 bits per heavy atom. The number of aromatic nitrogens is 2. The van der Waals surface area contributed by atoms with Crippen LogP contribution in [0.2, 0.25) is 0 Å². The number of hydrogen-bond donors (Lipinski definition) is 1. The Labute approximate surface area is 118 Å². The molecule has 0 amide bonds. The predicted molar refractivity (Wildman–Crippen MR) is 74.3 cm³/mol. The van der Waals surface area contributed by atoms with Gasteiger partial charge >= 0.3 is 0 Å². The lowest BCUT2D eigenvalue weighted by atomic mass is 10.4. The van der Waals surface area contributed by atoms with E-state index in [0.29, 0.717) is 18.1 Å². The maximum Gasteiger partial charge on any atom is 0.251 e. The van der Waals surface area contributed by atoms with Gasteiger partial charge in [-0.15, -0.1) is 11.3 Å². The maximum absolute atomic E-state index is 11.5. The SMILES string of the molecule is COCc1cc(=O)[nH]c(-c2cc(Br)c(Br)s2)n1. The van der Waals surface area contributed by atoms with Gasteiger partial charge in [-0.25, -0.2) is 4.98 Å². The second kappa shape index (κ2) is 5.43. The lowest BCUT2D eigenvalue weighted by Crippen LogP contribution is -2.10. The van der Waals surface area contributed by atoms with Gasteiger partial charge in [0, 0.05) is 17.6 Å². The molecule has 17 heavy (non-hydrogen) atoms. The van der Waals surface area contributed by atoms with E-state index >= 15 is 0 Å². The van der Waals surface area contributed by atoms with Gasteiger partial charge in [0.05, 0.1) is 21.0 Å². The molecular weight excluding hydrogens is 372 g/mol. The van der Waals surface area contributed by atoms with Crippen LogP contribution in [0, 0.1) is 0 Å². The Kier molecular flexibility index (Phi) is 4.13. The smallest absolute Gasteiger partial charge is 0.251 e. The Morgan fingerprint density at radius 1 is 1.47 bits per heavy atom. The van der Waals surface area contributed by atoms with Gasteiger partial charge in [0.15, 0.2) is 5.82 Å². The first-order valence-corrected chi connectivity index (χ1v) is 7.05. The van der Waals surface area contributed by atoms with E-state index in [1.54, 1.807) is 7.11 Å². The quantitative estimate of drug-likeness (QED) is 0.890. The summed E-state index contributed by atoms with van der Waals surface area (Å²) in [5, 5.41) is 0. The topological polar surface area (TPSA) is 55.0 Å². The van der Waals surface area contributed by atoms with Crippen molar-refractivity contribution in [1.82, 2.24) is 9.97 Å². The first-order chi connectivity index (χ1) is 8.10. The van der Waals surface area contributed by atoms with Gasteiger partial charge < -0.3 is 9.72 Å². The Morgan fingerprint density at radius 3 is 2.82 bits per heavy atom. The molecule has 0 aliphatic heterocycles. The summed E-state index contributed by atoms with van der Waals surface area (Å²) in [4.78, 5) is 19.4. The molecule has 0 radical (unpaired) electrons. The van der Waals surface area contributed by atoms with Crippen LogP contribution in [0.4, 0.5) is 0 Å². The monoisotopic (exact) mass is 378 g/mol. The molecule has 0 saturated carbocycles. The van der Waals surface area contributed by atoms with Crippen LogP contribution in [0.25, 0.3) is 10.7 Å². The fraction of sp³-hybridized carbons (Fsp3) is 0.200. The van der Waals surface area contributed by atoms with Crippen LogP contribution in [0.5, 0.6) is 0 Å². The van der Waals surface area contributed by atoms with Crippen molar-refractivity contribution in [3.05, 3.63) is 36.4 Å². The first-order valence-electron chi connectivity index (χ1n) is 4.64. The minimum Gasteiger partial charge on any atom is -0.378 e. The molecule has 0 bridgehead atoms. The predicted octanol–water partition coefficient (Wildman–Crippen LogP) is 3.17. The van der Waals surface area contributed by atoms with E-state index in [-0.39, 0.29) is 5.56 Å². The van der Waals surface area contributed by atoms with Crippen molar-refractivity contribution in [3.8, 4) is 10.7 Å². The summed E-state index contributed by atoms with van der Waals surface area (Å²) in [6, 6.07) is 3.34. The van der Waals surface area contributed by atoms with Crippen molar-refractivity contribution in [1.29, 1.82) is 0 Å². The van der Waals surface area contributed by atoms with Crippen LogP contribution in [-0.2, 0) is 11.3 Å². The molecule has 0 atom stereocenters. The van der Waals surface area contributed by atoms with Crippen LogP contribution in [0.3, 0.4) is 0 Å². The molecule has 0 aliphatic rings. The number of thiophene rings is 1. The van der Waals surface area contributed by atoms with Gasteiger partial charge in [-0.3, -0.25) is 4.79 Å². The highest BCUT2D eigenvalue weighted by atomic mass is 79.9. The lowest BCUT2D eigenvalue weighted by Gasteiger charge is -2.01. The summed E-state index contributed by atoms with van der Waals surface area (Å²) in [6.07, 6.45) is 0. The molecule has 0 unspecified atom stereocenters. The molecule has 7 heteroatoms. The molecule has 90 valence electrons. The highest BCUT2D eigenvalue weighted by Crippen LogP contribution is 2.36. The third kappa shape index (κ3) is 3.04. The Hall–Kier alpha value is -0.500. The highest BCUT2D eigenvalue weighted by molar-refractivity contribution is 9.13. The summed E-state index contributed by atoms with van der Waals surface area (Å²) in [7, 11) is 1.57. The molecule has 1 N–H and O–H groups in total. The van der Waals surface area contributed by atoms with Crippen LogP contribution in [0.15, 0.2) is 25.2 Å². The average Bonchev–Trinajstić information content (AvgIpc) is 2.59.